The van der Waals surface area contributed by atoms with Crippen LogP contribution in [0.4, 0.5) is 0 Å². The molecule has 0 aliphatic heterocycles. The van der Waals surface area contributed by atoms with Crippen LogP contribution in [0.3, 0.4) is 0 Å². The number of aliphatic hydroxyl groups is 1. The van der Waals surface area contributed by atoms with Crippen molar-refractivity contribution in [3.63, 3.8) is 0 Å². The number of carbonyl (C=O) groups is 1. The molecule has 0 saturated heterocycles. The van der Waals surface area contributed by atoms with Gasteiger partial charge < -0.3 is 16.2 Å². The summed E-state index contributed by atoms with van der Waals surface area (Å²) in [6.45, 7) is 5.65. The summed E-state index contributed by atoms with van der Waals surface area (Å²) in [5.74, 6) is -0.261. The summed E-state index contributed by atoms with van der Waals surface area (Å²) in [5, 5.41) is 12.1. The monoisotopic (exact) mass is 188 g/mol. The fraction of sp³-hybridized carbons (Fsp3) is 0.889. The van der Waals surface area contributed by atoms with Gasteiger partial charge in [-0.15, -0.1) is 0 Å². The molecule has 0 radical (unpaired) electrons. The van der Waals surface area contributed by atoms with E-state index in [0.717, 1.165) is 19.5 Å². The predicted molar refractivity (Wildman–Crippen MR) is 52.2 cm³/mol. The number of hydrogen-bond acceptors (Lipinski definition) is 3. The molecule has 0 heterocycles. The molecule has 78 valence electrons. The van der Waals surface area contributed by atoms with Gasteiger partial charge in [0.15, 0.2) is 0 Å². The zero-order valence-corrected chi connectivity index (χ0v) is 8.47. The van der Waals surface area contributed by atoms with Crippen LogP contribution in [0.15, 0.2) is 0 Å². The van der Waals surface area contributed by atoms with Crippen LogP contribution >= 0.6 is 0 Å². The van der Waals surface area contributed by atoms with Crippen molar-refractivity contribution in [3.05, 3.63) is 0 Å². The lowest BCUT2D eigenvalue weighted by atomic mass is 9.95. The Morgan fingerprint density at radius 3 is 2.62 bits per heavy atom. The van der Waals surface area contributed by atoms with E-state index < -0.39 is 0 Å². The van der Waals surface area contributed by atoms with Crippen LogP contribution < -0.4 is 11.1 Å². The minimum absolute atomic E-state index is 0.0906. The van der Waals surface area contributed by atoms with Crippen molar-refractivity contribution in [2.24, 2.45) is 11.1 Å². The van der Waals surface area contributed by atoms with Gasteiger partial charge in [-0.2, -0.15) is 0 Å². The van der Waals surface area contributed by atoms with E-state index in [-0.39, 0.29) is 17.9 Å². The van der Waals surface area contributed by atoms with E-state index in [1.807, 2.05) is 13.8 Å². The maximum absolute atomic E-state index is 10.4. The molecular formula is C9H20N2O2. The van der Waals surface area contributed by atoms with Gasteiger partial charge >= 0.3 is 0 Å². The third kappa shape index (κ3) is 7.74. The van der Waals surface area contributed by atoms with Gasteiger partial charge in [-0.3, -0.25) is 4.79 Å². The summed E-state index contributed by atoms with van der Waals surface area (Å²) in [7, 11) is 0. The number of primary amides is 1. The maximum atomic E-state index is 10.4. The van der Waals surface area contributed by atoms with E-state index in [9.17, 15) is 4.79 Å². The summed E-state index contributed by atoms with van der Waals surface area (Å²) >= 11 is 0. The molecule has 0 aromatic heterocycles. The number of nitrogens with two attached hydrogens (primary N) is 1. The second-order valence-corrected chi connectivity index (χ2v) is 4.07. The van der Waals surface area contributed by atoms with Gasteiger partial charge in [0.2, 0.25) is 5.91 Å². The number of carbonyl (C=O) groups excluding carboxylic acids is 1. The van der Waals surface area contributed by atoms with E-state index in [1.54, 1.807) is 0 Å². The zero-order valence-electron chi connectivity index (χ0n) is 8.47. The Labute approximate surface area is 79.5 Å². The fourth-order valence-corrected chi connectivity index (χ4v) is 0.870. The molecule has 1 amide bonds. The molecule has 0 aromatic carbocycles. The lowest BCUT2D eigenvalue weighted by molar-refractivity contribution is -0.118. The molecule has 0 aromatic rings. The smallest absolute Gasteiger partial charge is 0.217 e. The van der Waals surface area contributed by atoms with Gasteiger partial charge in [0, 0.05) is 25.0 Å². The average molecular weight is 188 g/mol. The summed E-state index contributed by atoms with van der Waals surface area (Å²) in [6, 6.07) is 0. The summed E-state index contributed by atoms with van der Waals surface area (Å²) < 4.78 is 0. The highest BCUT2D eigenvalue weighted by Crippen LogP contribution is 2.10. The van der Waals surface area contributed by atoms with E-state index in [2.05, 4.69) is 5.32 Å². The Morgan fingerprint density at radius 2 is 2.15 bits per heavy atom. The zero-order chi connectivity index (χ0) is 10.3. The highest BCUT2D eigenvalue weighted by atomic mass is 16.3. The Balaban J connectivity index is 3.30. The highest BCUT2D eigenvalue weighted by molar-refractivity contribution is 5.73. The minimum Gasteiger partial charge on any atom is -0.396 e. The second kappa shape index (κ2) is 5.94. The second-order valence-electron chi connectivity index (χ2n) is 4.07. The lowest BCUT2D eigenvalue weighted by Gasteiger charge is -2.21. The molecule has 0 rings (SSSR count). The van der Waals surface area contributed by atoms with Crippen molar-refractivity contribution in [1.82, 2.24) is 5.32 Å². The number of nitrogens with one attached hydrogen (secondary N) is 1. The van der Waals surface area contributed by atoms with Crippen LogP contribution in [0, 0.1) is 5.41 Å². The fourth-order valence-electron chi connectivity index (χ4n) is 0.870. The van der Waals surface area contributed by atoms with Gasteiger partial charge in [0.25, 0.3) is 0 Å². The van der Waals surface area contributed by atoms with Gasteiger partial charge in [0.05, 0.1) is 0 Å². The molecule has 4 N–H and O–H groups in total. The Bertz CT molecular complexity index is 158. The van der Waals surface area contributed by atoms with Crippen molar-refractivity contribution in [1.29, 1.82) is 0 Å². The van der Waals surface area contributed by atoms with E-state index >= 15 is 0 Å². The Kier molecular flexibility index (Phi) is 5.66. The standard InChI is InChI=1S/C9H20N2O2/c1-9(2,7-12)6-11-5-3-4-8(10)13/h11-12H,3-7H2,1-2H3,(H2,10,13). The Morgan fingerprint density at radius 1 is 1.54 bits per heavy atom. The van der Waals surface area contributed by atoms with Crippen LogP contribution in [-0.2, 0) is 4.79 Å². The van der Waals surface area contributed by atoms with Crippen LogP contribution in [0.25, 0.3) is 0 Å². The van der Waals surface area contributed by atoms with Crippen molar-refractivity contribution < 1.29 is 9.90 Å². The lowest BCUT2D eigenvalue weighted by Crippen LogP contribution is -2.33. The van der Waals surface area contributed by atoms with Crippen LogP contribution in [0.5, 0.6) is 0 Å². The van der Waals surface area contributed by atoms with E-state index in [1.165, 1.54) is 0 Å². The number of aliphatic hydroxyl groups excluding tert-OH is 1. The van der Waals surface area contributed by atoms with Crippen molar-refractivity contribution in [2.45, 2.75) is 26.7 Å². The first-order valence-electron chi connectivity index (χ1n) is 4.58. The number of amides is 1. The third-order valence-electron chi connectivity index (χ3n) is 1.81. The van der Waals surface area contributed by atoms with E-state index in [0.29, 0.717) is 6.42 Å². The number of rotatable bonds is 7. The summed E-state index contributed by atoms with van der Waals surface area (Å²) in [4.78, 5) is 10.4. The molecule has 0 unspecified atom stereocenters. The molecule has 0 bridgehead atoms. The van der Waals surface area contributed by atoms with Gasteiger partial charge in [0.1, 0.15) is 0 Å². The van der Waals surface area contributed by atoms with Gasteiger partial charge in [-0.25, -0.2) is 0 Å². The van der Waals surface area contributed by atoms with Crippen LogP contribution in [-0.4, -0.2) is 30.7 Å². The number of hydrogen-bond donors (Lipinski definition) is 3. The van der Waals surface area contributed by atoms with Gasteiger partial charge in [-0.1, -0.05) is 13.8 Å². The molecule has 4 heteroatoms. The molecule has 0 fully saturated rings. The average Bonchev–Trinajstić information content (AvgIpc) is 2.03. The van der Waals surface area contributed by atoms with Crippen LogP contribution in [0.1, 0.15) is 26.7 Å². The maximum Gasteiger partial charge on any atom is 0.217 e. The first-order valence-corrected chi connectivity index (χ1v) is 4.58. The SMILES string of the molecule is CC(C)(CO)CNCCCC(N)=O. The third-order valence-corrected chi connectivity index (χ3v) is 1.81. The topological polar surface area (TPSA) is 75.3 Å². The van der Waals surface area contributed by atoms with Crippen molar-refractivity contribution in [3.8, 4) is 0 Å². The molecule has 0 atom stereocenters. The predicted octanol–water partition coefficient (Wildman–Crippen LogP) is -0.140. The molecule has 0 aliphatic rings. The first-order chi connectivity index (χ1) is 5.98. The molecule has 0 aliphatic carbocycles. The quantitative estimate of drug-likeness (QED) is 0.487. The molecule has 13 heavy (non-hydrogen) atoms. The first kappa shape index (κ1) is 12.4. The van der Waals surface area contributed by atoms with Crippen molar-refractivity contribution in [2.75, 3.05) is 19.7 Å². The summed E-state index contributed by atoms with van der Waals surface area (Å²) in [6.07, 6.45) is 1.18. The molecule has 4 nitrogen and oxygen atoms in total. The molecule has 0 saturated carbocycles. The molecular weight excluding hydrogens is 168 g/mol. The normalized spacial score (nSPS) is 11.6. The summed E-state index contributed by atoms with van der Waals surface area (Å²) in [5.41, 5.74) is 4.89. The highest BCUT2D eigenvalue weighted by Gasteiger charge is 2.14. The largest absolute Gasteiger partial charge is 0.396 e. The minimum atomic E-state index is -0.261. The van der Waals surface area contributed by atoms with Gasteiger partial charge in [-0.05, 0) is 13.0 Å². The van der Waals surface area contributed by atoms with Crippen LogP contribution in [0.2, 0.25) is 0 Å². The van der Waals surface area contributed by atoms with Crippen molar-refractivity contribution >= 4 is 5.91 Å². The molecule has 0 spiro atoms. The Hall–Kier alpha value is -0.610. The van der Waals surface area contributed by atoms with E-state index in [4.69, 9.17) is 10.8 Å².